The lowest BCUT2D eigenvalue weighted by Gasteiger charge is -2.21. The average molecular weight is 776 g/mol. The third kappa shape index (κ3) is 7.37. The summed E-state index contributed by atoms with van der Waals surface area (Å²) in [6.45, 7) is 1.03. The van der Waals surface area contributed by atoms with Gasteiger partial charge in [-0.05, 0) is 57.3 Å². The van der Waals surface area contributed by atoms with E-state index in [1.165, 1.54) is 10.8 Å². The van der Waals surface area contributed by atoms with Crippen molar-refractivity contribution in [1.29, 1.82) is 0 Å². The molecule has 1 aromatic heterocycles. The monoisotopic (exact) mass is 774 g/mol. The van der Waals surface area contributed by atoms with E-state index in [9.17, 15) is 19.5 Å². The summed E-state index contributed by atoms with van der Waals surface area (Å²) in [7, 11) is 3.07. The number of carbonyl (C=O) groups is 3. The van der Waals surface area contributed by atoms with Gasteiger partial charge in [-0.15, -0.1) is 23.2 Å². The van der Waals surface area contributed by atoms with Crippen LogP contribution in [0.2, 0.25) is 0 Å². The molecule has 2 aliphatic rings. The number of amides is 3. The van der Waals surface area contributed by atoms with E-state index in [-0.39, 0.29) is 48.8 Å². The Kier molecular flexibility index (Phi) is 11.3. The maximum absolute atomic E-state index is 13.8. The molecule has 5 aromatic rings. The number of pyridine rings is 1. The molecular weight excluding hydrogens is 739 g/mol. The number of phenolic OH excluding ortho intramolecular Hbond substituents is 1. The number of nitrogens with one attached hydrogen (secondary N) is 1. The van der Waals surface area contributed by atoms with Crippen LogP contribution in [0.5, 0.6) is 5.75 Å². The Balaban J connectivity index is 1.02. The summed E-state index contributed by atoms with van der Waals surface area (Å²) in [5.41, 5.74) is 3.83. The zero-order chi connectivity index (χ0) is 36.2. The normalized spacial score (nSPS) is 16.3. The van der Waals surface area contributed by atoms with Gasteiger partial charge in [0.25, 0.3) is 0 Å². The summed E-state index contributed by atoms with van der Waals surface area (Å²) in [5.74, 6) is 0.943. The maximum atomic E-state index is 13.8. The number of halogens is 2. The summed E-state index contributed by atoms with van der Waals surface area (Å²) in [5, 5.41) is 17.9. The van der Waals surface area contributed by atoms with Crippen LogP contribution >= 0.6 is 44.8 Å². The van der Waals surface area contributed by atoms with Crippen LogP contribution in [0, 0.1) is 0 Å². The van der Waals surface area contributed by atoms with Crippen molar-refractivity contribution in [2.24, 2.45) is 0 Å². The van der Waals surface area contributed by atoms with Gasteiger partial charge < -0.3 is 19.6 Å². The molecular formula is C39H36Cl2N4O5S2. The van der Waals surface area contributed by atoms with E-state index < -0.39 is 6.09 Å². The zero-order valence-corrected chi connectivity index (χ0v) is 31.2. The number of nitrogens with zero attached hydrogens (tertiary/aromatic N) is 3. The van der Waals surface area contributed by atoms with E-state index in [0.717, 1.165) is 37.7 Å². The number of anilines is 3. The predicted octanol–water partition coefficient (Wildman–Crippen LogP) is 9.29. The van der Waals surface area contributed by atoms with Gasteiger partial charge >= 0.3 is 6.09 Å². The van der Waals surface area contributed by atoms with Gasteiger partial charge in [-0.3, -0.25) is 14.9 Å². The van der Waals surface area contributed by atoms with Crippen LogP contribution in [-0.2, 0) is 14.3 Å². The summed E-state index contributed by atoms with van der Waals surface area (Å²) < 4.78 is 5.49. The molecule has 2 N–H and O–H groups in total. The summed E-state index contributed by atoms with van der Waals surface area (Å²) in [6, 6.07) is 24.5. The number of fused-ring (bicyclic) bond motifs is 6. The Labute approximate surface area is 319 Å². The van der Waals surface area contributed by atoms with Crippen LogP contribution in [-0.4, -0.2) is 65.2 Å². The number of hydrogen-bond donors (Lipinski definition) is 2. The lowest BCUT2D eigenvalue weighted by atomic mass is 9.95. The van der Waals surface area contributed by atoms with Crippen molar-refractivity contribution < 1.29 is 24.2 Å². The fourth-order valence-corrected chi connectivity index (χ4v) is 9.38. The number of alkyl halides is 2. The van der Waals surface area contributed by atoms with E-state index in [4.69, 9.17) is 27.9 Å². The van der Waals surface area contributed by atoms with Gasteiger partial charge in [0.15, 0.2) is 0 Å². The van der Waals surface area contributed by atoms with Crippen LogP contribution in [0.25, 0.3) is 21.5 Å². The quantitative estimate of drug-likeness (QED) is 0.0733. The fourth-order valence-electron chi connectivity index (χ4n) is 7.17. The molecule has 4 aromatic carbocycles. The summed E-state index contributed by atoms with van der Waals surface area (Å²) >= 11 is 12.8. The molecule has 3 amide bonds. The molecule has 2 aliphatic heterocycles. The van der Waals surface area contributed by atoms with Crippen LogP contribution < -0.4 is 15.1 Å². The van der Waals surface area contributed by atoms with Gasteiger partial charge in [-0.1, -0.05) is 65.4 Å². The minimum absolute atomic E-state index is 0.0636. The van der Waals surface area contributed by atoms with Crippen molar-refractivity contribution in [2.45, 2.75) is 36.1 Å². The van der Waals surface area contributed by atoms with Crippen molar-refractivity contribution >= 4 is 101 Å². The molecule has 0 spiro atoms. The highest BCUT2D eigenvalue weighted by Crippen LogP contribution is 2.47. The van der Waals surface area contributed by atoms with Crippen LogP contribution in [0.4, 0.5) is 21.9 Å². The Morgan fingerprint density at radius 1 is 0.808 bits per heavy atom. The maximum Gasteiger partial charge on any atom is 0.411 e. The fraction of sp³-hybridized carbons (Fsp3) is 0.282. The molecule has 13 heteroatoms. The Morgan fingerprint density at radius 3 is 2.00 bits per heavy atom. The molecule has 0 fully saturated rings. The van der Waals surface area contributed by atoms with E-state index in [1.54, 1.807) is 32.9 Å². The molecule has 7 rings (SSSR count). The van der Waals surface area contributed by atoms with Gasteiger partial charge in [0, 0.05) is 84.0 Å². The smallest absolute Gasteiger partial charge is 0.411 e. The van der Waals surface area contributed by atoms with Crippen molar-refractivity contribution in [3.8, 4) is 5.75 Å². The molecule has 0 saturated heterocycles. The average Bonchev–Trinajstić information content (AvgIpc) is 3.74. The second-order valence-corrected chi connectivity index (χ2v) is 15.7. The SMILES string of the molecule is O=C(Nc1cc2c(c3ccccc13)[C@H](CCl)CN2C(=O)CCCC(=O)N1C[C@@H](CCl)c2c1cc(O)c1ccccc21)OCCSSc1ccccn1. The number of aromatic nitrogens is 1. The molecule has 0 unspecified atom stereocenters. The van der Waals surface area contributed by atoms with Gasteiger partial charge in [0.1, 0.15) is 17.4 Å². The topological polar surface area (TPSA) is 112 Å². The third-order valence-corrected chi connectivity index (χ3v) is 12.5. The largest absolute Gasteiger partial charge is 0.507 e. The first-order chi connectivity index (χ1) is 25.4. The Morgan fingerprint density at radius 2 is 1.38 bits per heavy atom. The first-order valence-corrected chi connectivity index (χ1v) is 20.4. The lowest BCUT2D eigenvalue weighted by molar-refractivity contribution is -0.119. The standard InChI is InChI=1S/C39H36Cl2N4O5S2/c40-20-24-22-44(35(47)13-7-14-36(48)45-23-25(21-41)38-29-11-4-2-9-27(29)33(46)19-32(38)45)31-18-30(26-8-1-3-10-28(26)37(24)31)43-39(49)50-16-17-51-52-34-12-5-6-15-42-34/h1-6,8-12,15,18-19,24-25,46H,7,13-14,16-17,20-23H2,(H,43,49)/t24-,25-/m1/s1. The van der Waals surface area contributed by atoms with Gasteiger partial charge in [-0.2, -0.15) is 0 Å². The van der Waals surface area contributed by atoms with Crippen molar-refractivity contribution in [3.63, 3.8) is 0 Å². The molecule has 268 valence electrons. The Bertz CT molecular complexity index is 2140. The van der Waals surface area contributed by atoms with Crippen LogP contribution in [0.3, 0.4) is 0 Å². The highest BCUT2D eigenvalue weighted by atomic mass is 35.5. The van der Waals surface area contributed by atoms with E-state index >= 15 is 0 Å². The molecule has 0 aliphatic carbocycles. The predicted molar refractivity (Wildman–Crippen MR) is 213 cm³/mol. The van der Waals surface area contributed by atoms with Crippen molar-refractivity contribution in [2.75, 3.05) is 52.3 Å². The molecule has 0 saturated carbocycles. The van der Waals surface area contributed by atoms with Gasteiger partial charge in [0.2, 0.25) is 11.8 Å². The number of rotatable bonds is 12. The number of benzene rings is 4. The highest BCUT2D eigenvalue weighted by molar-refractivity contribution is 8.76. The molecule has 3 heterocycles. The number of hydrogen-bond acceptors (Lipinski definition) is 8. The molecule has 2 atom stereocenters. The second kappa shape index (κ2) is 16.2. The van der Waals surface area contributed by atoms with E-state index in [0.29, 0.717) is 54.1 Å². The molecule has 52 heavy (non-hydrogen) atoms. The molecule has 0 bridgehead atoms. The second-order valence-electron chi connectivity index (χ2n) is 12.7. The number of phenols is 1. The molecule has 0 radical (unpaired) electrons. The van der Waals surface area contributed by atoms with Gasteiger partial charge in [0.05, 0.1) is 11.4 Å². The Hall–Kier alpha value is -4.16. The lowest BCUT2D eigenvalue weighted by Crippen LogP contribution is -2.32. The van der Waals surface area contributed by atoms with Crippen molar-refractivity contribution in [3.05, 3.63) is 96.2 Å². The van der Waals surface area contributed by atoms with Crippen molar-refractivity contribution in [1.82, 2.24) is 4.98 Å². The van der Waals surface area contributed by atoms with E-state index in [1.807, 2.05) is 72.8 Å². The van der Waals surface area contributed by atoms with Gasteiger partial charge in [-0.25, -0.2) is 9.78 Å². The first kappa shape index (κ1) is 36.2. The van der Waals surface area contributed by atoms with Crippen LogP contribution in [0.15, 0.2) is 90.1 Å². The first-order valence-electron chi connectivity index (χ1n) is 17.0. The minimum atomic E-state index is -0.585. The summed E-state index contributed by atoms with van der Waals surface area (Å²) in [6.07, 6.45) is 1.79. The highest BCUT2D eigenvalue weighted by Gasteiger charge is 2.36. The third-order valence-electron chi connectivity index (χ3n) is 9.49. The number of carbonyl (C=O) groups excluding carboxylic acids is 3. The molecule has 9 nitrogen and oxygen atoms in total. The van der Waals surface area contributed by atoms with Crippen LogP contribution in [0.1, 0.15) is 42.2 Å². The minimum Gasteiger partial charge on any atom is -0.507 e. The van der Waals surface area contributed by atoms with E-state index in [2.05, 4.69) is 10.3 Å². The number of aromatic hydroxyl groups is 1. The summed E-state index contributed by atoms with van der Waals surface area (Å²) in [4.78, 5) is 48.0. The zero-order valence-electron chi connectivity index (χ0n) is 28.1. The number of ether oxygens (including phenoxy) is 1.